The van der Waals surface area contributed by atoms with Crippen LogP contribution in [-0.4, -0.2) is 29.4 Å². The van der Waals surface area contributed by atoms with Gasteiger partial charge in [0.15, 0.2) is 0 Å². The van der Waals surface area contributed by atoms with Gasteiger partial charge in [-0.2, -0.15) is 0 Å². The minimum atomic E-state index is -2.78. The molecule has 0 aromatic carbocycles. The topological polar surface area (TPSA) is 54.0 Å². The molecule has 1 atom stereocenters. The van der Waals surface area contributed by atoms with Crippen LogP contribution in [0, 0.1) is 13.8 Å². The highest BCUT2D eigenvalue weighted by atomic mass is 32.1. The first-order chi connectivity index (χ1) is 8.37. The summed E-state index contributed by atoms with van der Waals surface area (Å²) in [7, 11) is 0. The Balaban J connectivity index is 1.85. The highest BCUT2D eigenvalue weighted by Crippen LogP contribution is 2.25. The number of carbonyl (C=O) groups is 1. The second kappa shape index (κ2) is 4.89. The number of amides is 1. The highest BCUT2D eigenvalue weighted by molar-refractivity contribution is 7.11. The van der Waals surface area contributed by atoms with Gasteiger partial charge in [0.1, 0.15) is 5.01 Å². The summed E-state index contributed by atoms with van der Waals surface area (Å²) < 4.78 is 25.8. The molecule has 0 spiro atoms. The van der Waals surface area contributed by atoms with Crippen molar-refractivity contribution in [1.82, 2.24) is 15.6 Å². The van der Waals surface area contributed by atoms with E-state index in [4.69, 9.17) is 0 Å². The fourth-order valence-electron chi connectivity index (χ4n) is 1.80. The largest absolute Gasteiger partial charge is 0.348 e. The van der Waals surface area contributed by atoms with Crippen molar-refractivity contribution in [3.05, 3.63) is 15.6 Å². The molecule has 18 heavy (non-hydrogen) atoms. The molecule has 2 rings (SSSR count). The molecule has 0 radical (unpaired) electrons. The fourth-order valence-corrected chi connectivity index (χ4v) is 2.68. The number of carbonyl (C=O) groups excluding carboxylic acids is 1. The molecule has 1 fully saturated rings. The van der Waals surface area contributed by atoms with E-state index in [9.17, 15) is 13.6 Å². The molecule has 1 aromatic rings. The predicted molar refractivity (Wildman–Crippen MR) is 64.8 cm³/mol. The van der Waals surface area contributed by atoms with Crippen LogP contribution in [0.15, 0.2) is 0 Å². The molecule has 1 amide bonds. The smallest absolute Gasteiger partial charge is 0.262 e. The maximum Gasteiger partial charge on any atom is 0.262 e. The number of thiazole rings is 1. The normalized spacial score (nSPS) is 22.1. The number of aryl methyl sites for hydroxylation is 2. The number of halogens is 2. The summed E-state index contributed by atoms with van der Waals surface area (Å²) in [5.41, 5.74) is 0.940. The van der Waals surface area contributed by atoms with E-state index in [0.717, 1.165) is 15.6 Å². The van der Waals surface area contributed by atoms with Crippen molar-refractivity contribution in [3.63, 3.8) is 0 Å². The van der Waals surface area contributed by atoms with E-state index in [1.54, 1.807) is 0 Å². The summed E-state index contributed by atoms with van der Waals surface area (Å²) in [5, 5.41) is 5.95. The number of hydrogen-bond donors (Lipinski definition) is 2. The monoisotopic (exact) mass is 275 g/mol. The van der Waals surface area contributed by atoms with Crippen molar-refractivity contribution in [1.29, 1.82) is 0 Å². The van der Waals surface area contributed by atoms with E-state index in [1.165, 1.54) is 11.3 Å². The van der Waals surface area contributed by atoms with Crippen LogP contribution in [0.1, 0.15) is 22.0 Å². The Morgan fingerprint density at radius 2 is 2.33 bits per heavy atom. The van der Waals surface area contributed by atoms with Gasteiger partial charge in [0.05, 0.1) is 24.8 Å². The second-order valence-corrected chi connectivity index (χ2v) is 5.75. The zero-order valence-electron chi connectivity index (χ0n) is 10.2. The molecule has 2 N–H and O–H groups in total. The van der Waals surface area contributed by atoms with Gasteiger partial charge < -0.3 is 5.32 Å². The van der Waals surface area contributed by atoms with Gasteiger partial charge in [-0.1, -0.05) is 0 Å². The summed E-state index contributed by atoms with van der Waals surface area (Å²) in [6.07, 6.45) is -0.436. The number of hydrogen-bond acceptors (Lipinski definition) is 4. The van der Waals surface area contributed by atoms with Crippen molar-refractivity contribution in [2.24, 2.45) is 0 Å². The minimum absolute atomic E-state index is 0.294. The molecule has 4 nitrogen and oxygen atoms in total. The van der Waals surface area contributed by atoms with Crippen LogP contribution < -0.4 is 10.6 Å². The van der Waals surface area contributed by atoms with Crippen LogP contribution in [-0.2, 0) is 11.3 Å². The summed E-state index contributed by atoms with van der Waals surface area (Å²) in [4.78, 5) is 17.0. The Morgan fingerprint density at radius 3 is 2.83 bits per heavy atom. The molecule has 1 unspecified atom stereocenters. The molecular weight excluding hydrogens is 260 g/mol. The molecule has 7 heteroatoms. The number of nitrogens with one attached hydrogen (secondary N) is 2. The maximum atomic E-state index is 12.9. The lowest BCUT2D eigenvalue weighted by atomic mass is 10.2. The standard InChI is InChI=1S/C11H15F2N3OS/c1-6-7(2)18-9(16-6)4-14-10(17)8-3-11(12,13)5-15-8/h8,15H,3-5H2,1-2H3,(H,14,17). The summed E-state index contributed by atoms with van der Waals surface area (Å²) >= 11 is 1.50. The molecule has 0 aliphatic carbocycles. The Morgan fingerprint density at radius 1 is 1.61 bits per heavy atom. The van der Waals surface area contributed by atoms with Gasteiger partial charge in [-0.05, 0) is 13.8 Å². The zero-order valence-corrected chi connectivity index (χ0v) is 11.0. The molecule has 1 aromatic heterocycles. The Bertz CT molecular complexity index is 442. The van der Waals surface area contributed by atoms with Crippen molar-refractivity contribution in [2.75, 3.05) is 6.54 Å². The zero-order chi connectivity index (χ0) is 13.3. The molecule has 1 aliphatic rings. The predicted octanol–water partition coefficient (Wildman–Crippen LogP) is 1.37. The van der Waals surface area contributed by atoms with E-state index >= 15 is 0 Å². The molecule has 100 valence electrons. The van der Waals surface area contributed by atoms with Gasteiger partial charge in [-0.3, -0.25) is 10.1 Å². The fraction of sp³-hybridized carbons (Fsp3) is 0.636. The average Bonchev–Trinajstić information content (AvgIpc) is 2.79. The third-order valence-corrected chi connectivity index (χ3v) is 3.99. The maximum absolute atomic E-state index is 12.9. The lowest BCUT2D eigenvalue weighted by Crippen LogP contribution is -2.40. The van der Waals surface area contributed by atoms with Crippen LogP contribution in [0.4, 0.5) is 8.78 Å². The molecule has 1 saturated heterocycles. The lowest BCUT2D eigenvalue weighted by molar-refractivity contribution is -0.123. The molecule has 0 saturated carbocycles. The van der Waals surface area contributed by atoms with Gasteiger partial charge in [-0.25, -0.2) is 13.8 Å². The van der Waals surface area contributed by atoms with Crippen molar-refractivity contribution in [3.8, 4) is 0 Å². The Labute approximate surface area is 108 Å². The third kappa shape index (κ3) is 3.02. The molecule has 0 bridgehead atoms. The van der Waals surface area contributed by atoms with E-state index in [0.29, 0.717) is 6.54 Å². The first kappa shape index (κ1) is 13.4. The second-order valence-electron chi connectivity index (χ2n) is 4.46. The molecule has 1 aliphatic heterocycles. The van der Waals surface area contributed by atoms with E-state index in [-0.39, 0.29) is 0 Å². The van der Waals surface area contributed by atoms with Gasteiger partial charge >= 0.3 is 0 Å². The number of aromatic nitrogens is 1. The van der Waals surface area contributed by atoms with Crippen molar-refractivity contribution < 1.29 is 13.6 Å². The van der Waals surface area contributed by atoms with Crippen molar-refractivity contribution >= 4 is 17.2 Å². The van der Waals surface area contributed by atoms with E-state index < -0.39 is 30.8 Å². The van der Waals surface area contributed by atoms with Crippen LogP contribution in [0.2, 0.25) is 0 Å². The van der Waals surface area contributed by atoms with Gasteiger partial charge in [0.2, 0.25) is 5.91 Å². The number of alkyl halides is 2. The van der Waals surface area contributed by atoms with Crippen molar-refractivity contribution in [2.45, 2.75) is 38.8 Å². The lowest BCUT2D eigenvalue weighted by Gasteiger charge is -2.09. The summed E-state index contributed by atoms with van der Waals surface area (Å²) in [5.74, 6) is -3.17. The Hall–Kier alpha value is -1.08. The molecule has 2 heterocycles. The van der Waals surface area contributed by atoms with Crippen LogP contribution >= 0.6 is 11.3 Å². The first-order valence-electron chi connectivity index (χ1n) is 5.69. The quantitative estimate of drug-likeness (QED) is 0.876. The van der Waals surface area contributed by atoms with E-state index in [2.05, 4.69) is 15.6 Å². The minimum Gasteiger partial charge on any atom is -0.348 e. The van der Waals surface area contributed by atoms with Crippen LogP contribution in [0.3, 0.4) is 0 Å². The molecular formula is C11H15F2N3OS. The summed E-state index contributed by atoms with van der Waals surface area (Å²) in [6.45, 7) is 3.72. The van der Waals surface area contributed by atoms with Crippen LogP contribution in [0.5, 0.6) is 0 Å². The highest BCUT2D eigenvalue weighted by Gasteiger charge is 2.42. The number of rotatable bonds is 3. The van der Waals surface area contributed by atoms with Gasteiger partial charge in [0.25, 0.3) is 5.92 Å². The SMILES string of the molecule is Cc1nc(CNC(=O)C2CC(F)(F)CN2)sc1C. The van der Waals surface area contributed by atoms with E-state index in [1.807, 2.05) is 13.8 Å². The first-order valence-corrected chi connectivity index (χ1v) is 6.51. The Kier molecular flexibility index (Phi) is 3.63. The van der Waals surface area contributed by atoms with Crippen LogP contribution in [0.25, 0.3) is 0 Å². The average molecular weight is 275 g/mol. The number of nitrogens with zero attached hydrogens (tertiary/aromatic N) is 1. The third-order valence-electron chi connectivity index (χ3n) is 2.91. The van der Waals surface area contributed by atoms with Gasteiger partial charge in [-0.15, -0.1) is 11.3 Å². The van der Waals surface area contributed by atoms with Gasteiger partial charge in [0, 0.05) is 11.3 Å². The summed E-state index contributed by atoms with van der Waals surface area (Å²) in [6, 6.07) is -0.804.